The van der Waals surface area contributed by atoms with Gasteiger partial charge in [-0.15, -0.1) is 0 Å². The van der Waals surface area contributed by atoms with E-state index in [-0.39, 0.29) is 12.5 Å². The monoisotopic (exact) mass is 274 g/mol. The number of likely N-dealkylation sites (N-methyl/N-ethyl adjacent to an activating group) is 1. The summed E-state index contributed by atoms with van der Waals surface area (Å²) in [6.07, 6.45) is 1.42. The molecule has 1 N–H and O–H groups in total. The Hall–Kier alpha value is -2.37. The number of nitrogens with zero attached hydrogens (tertiary/aromatic N) is 3. The molecule has 0 bridgehead atoms. The van der Waals surface area contributed by atoms with Gasteiger partial charge in [-0.25, -0.2) is 4.98 Å². The number of nitrogens with one attached hydrogen (secondary N) is 1. The third kappa shape index (κ3) is 3.57. The number of carbonyl (C=O) groups is 1. The van der Waals surface area contributed by atoms with Crippen LogP contribution in [0.1, 0.15) is 17.0 Å². The van der Waals surface area contributed by atoms with E-state index >= 15 is 0 Å². The number of hydrogen-bond donors (Lipinski definition) is 1. The Bertz CT molecular complexity index is 581. The summed E-state index contributed by atoms with van der Waals surface area (Å²) < 4.78 is 5.56. The lowest BCUT2D eigenvalue weighted by molar-refractivity contribution is -0.132. The van der Waals surface area contributed by atoms with Gasteiger partial charge in [0.1, 0.15) is 17.9 Å². The summed E-state index contributed by atoms with van der Waals surface area (Å²) in [4.78, 5) is 17.5. The van der Waals surface area contributed by atoms with Crippen molar-refractivity contribution < 1.29 is 9.53 Å². The van der Waals surface area contributed by atoms with E-state index in [0.29, 0.717) is 12.4 Å². The van der Waals surface area contributed by atoms with E-state index in [4.69, 9.17) is 4.74 Å². The number of aryl methyl sites for hydroxylation is 2. The van der Waals surface area contributed by atoms with Crippen LogP contribution in [0.15, 0.2) is 24.5 Å². The maximum Gasteiger partial charge on any atom is 0.260 e. The van der Waals surface area contributed by atoms with E-state index in [1.165, 1.54) is 11.9 Å². The molecular weight excluding hydrogens is 256 g/mol. The lowest BCUT2D eigenvalue weighted by atomic mass is 10.1. The van der Waals surface area contributed by atoms with Gasteiger partial charge in [0.2, 0.25) is 0 Å². The van der Waals surface area contributed by atoms with Crippen LogP contribution in [0.2, 0.25) is 0 Å². The van der Waals surface area contributed by atoms with Crippen molar-refractivity contribution in [2.45, 2.75) is 20.4 Å². The first kappa shape index (κ1) is 14.0. The first-order valence-corrected chi connectivity index (χ1v) is 6.34. The molecule has 1 heterocycles. The number of H-pyrrole nitrogens is 1. The fraction of sp³-hybridized carbons (Fsp3) is 0.357. The number of benzene rings is 1. The van der Waals surface area contributed by atoms with Crippen LogP contribution in [-0.2, 0) is 11.3 Å². The van der Waals surface area contributed by atoms with Gasteiger partial charge >= 0.3 is 0 Å². The highest BCUT2D eigenvalue weighted by Crippen LogP contribution is 2.18. The molecule has 106 valence electrons. The van der Waals surface area contributed by atoms with E-state index in [1.807, 2.05) is 32.0 Å². The van der Waals surface area contributed by atoms with E-state index in [1.54, 1.807) is 11.9 Å². The largest absolute Gasteiger partial charge is 0.484 e. The lowest BCUT2D eigenvalue weighted by Crippen LogP contribution is -2.31. The van der Waals surface area contributed by atoms with E-state index in [2.05, 4.69) is 15.2 Å². The van der Waals surface area contributed by atoms with Gasteiger partial charge in [-0.1, -0.05) is 17.7 Å². The second-order valence-electron chi connectivity index (χ2n) is 4.74. The van der Waals surface area contributed by atoms with E-state index in [0.717, 1.165) is 11.3 Å². The third-order valence-electron chi connectivity index (χ3n) is 2.96. The molecule has 0 spiro atoms. The van der Waals surface area contributed by atoms with E-state index < -0.39 is 0 Å². The first-order valence-electron chi connectivity index (χ1n) is 6.34. The van der Waals surface area contributed by atoms with Crippen LogP contribution in [0.5, 0.6) is 5.75 Å². The van der Waals surface area contributed by atoms with Crippen molar-refractivity contribution in [2.24, 2.45) is 0 Å². The Labute approximate surface area is 117 Å². The lowest BCUT2D eigenvalue weighted by Gasteiger charge is -2.16. The highest BCUT2D eigenvalue weighted by Gasteiger charge is 2.12. The first-order chi connectivity index (χ1) is 9.56. The average molecular weight is 274 g/mol. The van der Waals surface area contributed by atoms with Crippen LogP contribution in [-0.4, -0.2) is 39.6 Å². The molecule has 0 aliphatic carbocycles. The SMILES string of the molecule is Cc1ccc(OCC(=O)N(C)Cc2ncn[nH]2)c(C)c1. The Morgan fingerprint density at radius 2 is 2.20 bits per heavy atom. The summed E-state index contributed by atoms with van der Waals surface area (Å²) in [5.74, 6) is 1.27. The minimum atomic E-state index is -0.110. The molecule has 2 aromatic rings. The van der Waals surface area contributed by atoms with Gasteiger partial charge in [0, 0.05) is 7.05 Å². The van der Waals surface area contributed by atoms with Crippen LogP contribution in [0.4, 0.5) is 0 Å². The maximum absolute atomic E-state index is 12.0. The topological polar surface area (TPSA) is 71.1 Å². The number of hydrogen-bond acceptors (Lipinski definition) is 4. The van der Waals surface area contributed by atoms with Crippen molar-refractivity contribution in [3.63, 3.8) is 0 Å². The number of aromatic nitrogens is 3. The third-order valence-corrected chi connectivity index (χ3v) is 2.96. The summed E-state index contributed by atoms with van der Waals surface area (Å²) in [6, 6.07) is 5.87. The van der Waals surface area contributed by atoms with Gasteiger partial charge in [-0.3, -0.25) is 9.89 Å². The zero-order chi connectivity index (χ0) is 14.5. The van der Waals surface area contributed by atoms with Crippen molar-refractivity contribution in [3.8, 4) is 5.75 Å². The predicted octanol–water partition coefficient (Wildman–Crippen LogP) is 1.46. The summed E-state index contributed by atoms with van der Waals surface area (Å²) in [5.41, 5.74) is 2.19. The molecule has 2 rings (SSSR count). The zero-order valence-electron chi connectivity index (χ0n) is 11.9. The molecule has 6 heteroatoms. The molecular formula is C14H18N4O2. The van der Waals surface area contributed by atoms with Gasteiger partial charge in [0.25, 0.3) is 5.91 Å². The van der Waals surface area contributed by atoms with Crippen molar-refractivity contribution in [2.75, 3.05) is 13.7 Å². The maximum atomic E-state index is 12.0. The fourth-order valence-corrected chi connectivity index (χ4v) is 1.83. The quantitative estimate of drug-likeness (QED) is 0.896. The zero-order valence-corrected chi connectivity index (χ0v) is 11.9. The molecule has 1 aromatic carbocycles. The summed E-state index contributed by atoms with van der Waals surface area (Å²) >= 11 is 0. The number of amides is 1. The molecule has 20 heavy (non-hydrogen) atoms. The fourth-order valence-electron chi connectivity index (χ4n) is 1.83. The Morgan fingerprint density at radius 3 is 2.85 bits per heavy atom. The number of aromatic amines is 1. The van der Waals surface area contributed by atoms with Gasteiger partial charge in [0.15, 0.2) is 6.61 Å². The second-order valence-corrected chi connectivity index (χ2v) is 4.74. The smallest absolute Gasteiger partial charge is 0.260 e. The standard InChI is InChI=1S/C14H18N4O2/c1-10-4-5-12(11(2)6-10)20-8-14(19)18(3)7-13-15-9-16-17-13/h4-6,9H,7-8H2,1-3H3,(H,15,16,17). The Kier molecular flexibility index (Phi) is 4.34. The summed E-state index contributed by atoms with van der Waals surface area (Å²) in [5, 5.41) is 6.46. The molecule has 0 aliphatic heterocycles. The Morgan fingerprint density at radius 1 is 1.40 bits per heavy atom. The molecule has 0 saturated carbocycles. The highest BCUT2D eigenvalue weighted by molar-refractivity contribution is 5.77. The van der Waals surface area contributed by atoms with Crippen molar-refractivity contribution >= 4 is 5.91 Å². The number of ether oxygens (including phenoxy) is 1. The van der Waals surface area contributed by atoms with Gasteiger partial charge in [-0.2, -0.15) is 5.10 Å². The van der Waals surface area contributed by atoms with Crippen molar-refractivity contribution in [3.05, 3.63) is 41.5 Å². The molecule has 0 atom stereocenters. The van der Waals surface area contributed by atoms with E-state index in [9.17, 15) is 4.79 Å². The molecule has 0 aliphatic rings. The molecule has 1 amide bonds. The van der Waals surface area contributed by atoms with Gasteiger partial charge in [-0.05, 0) is 25.5 Å². The second kappa shape index (κ2) is 6.18. The van der Waals surface area contributed by atoms with Crippen molar-refractivity contribution in [1.82, 2.24) is 20.1 Å². The molecule has 0 radical (unpaired) electrons. The number of rotatable bonds is 5. The van der Waals surface area contributed by atoms with Crippen LogP contribution in [0, 0.1) is 13.8 Å². The minimum Gasteiger partial charge on any atom is -0.484 e. The van der Waals surface area contributed by atoms with Gasteiger partial charge < -0.3 is 9.64 Å². The van der Waals surface area contributed by atoms with Crippen LogP contribution in [0.25, 0.3) is 0 Å². The summed E-state index contributed by atoms with van der Waals surface area (Å²) in [7, 11) is 1.70. The predicted molar refractivity (Wildman–Crippen MR) is 74.3 cm³/mol. The molecule has 0 saturated heterocycles. The molecule has 0 fully saturated rings. The summed E-state index contributed by atoms with van der Waals surface area (Å²) in [6.45, 7) is 4.38. The minimum absolute atomic E-state index is 0.00847. The molecule has 1 aromatic heterocycles. The van der Waals surface area contributed by atoms with Crippen LogP contribution >= 0.6 is 0 Å². The number of carbonyl (C=O) groups excluding carboxylic acids is 1. The Balaban J connectivity index is 1.88. The van der Waals surface area contributed by atoms with Gasteiger partial charge in [0.05, 0.1) is 6.54 Å². The normalized spacial score (nSPS) is 10.3. The van der Waals surface area contributed by atoms with Crippen molar-refractivity contribution in [1.29, 1.82) is 0 Å². The molecule has 0 unspecified atom stereocenters. The van der Waals surface area contributed by atoms with Crippen LogP contribution < -0.4 is 4.74 Å². The van der Waals surface area contributed by atoms with Crippen LogP contribution in [0.3, 0.4) is 0 Å². The highest BCUT2D eigenvalue weighted by atomic mass is 16.5. The molecule has 6 nitrogen and oxygen atoms in total. The average Bonchev–Trinajstić information content (AvgIpc) is 2.90.